The van der Waals surface area contributed by atoms with Crippen LogP contribution in [0, 0.1) is 17.8 Å². The van der Waals surface area contributed by atoms with Crippen LogP contribution in [0.3, 0.4) is 0 Å². The highest BCUT2D eigenvalue weighted by Gasteiger charge is 2.77. The number of nitrogens with one attached hydrogen (secondary N) is 2. The molecule has 10 rings (SSSR count). The first kappa shape index (κ1) is 48.7. The molecule has 370 valence electrons. The van der Waals surface area contributed by atoms with Gasteiger partial charge in [0.2, 0.25) is 18.1 Å². The number of hydrogen-bond acceptors (Lipinski definition) is 14. The number of para-hydroxylation sites is 2. The molecule has 1 amide bonds. The second-order valence-electron chi connectivity index (χ2n) is 20.6. The number of carbonyl (C=O) groups is 2. The van der Waals surface area contributed by atoms with E-state index in [1.54, 1.807) is 13.0 Å². The highest BCUT2D eigenvalue weighted by molar-refractivity contribution is 6.03. The van der Waals surface area contributed by atoms with Gasteiger partial charge in [0, 0.05) is 41.5 Å². The van der Waals surface area contributed by atoms with Crippen molar-refractivity contribution in [3.05, 3.63) is 87.6 Å². The van der Waals surface area contributed by atoms with E-state index < -0.39 is 83.7 Å². The maximum absolute atomic E-state index is 15.7. The number of nitrogens with zero attached hydrogens (tertiary/aromatic N) is 2. The van der Waals surface area contributed by atoms with Crippen LogP contribution in [0.5, 0.6) is 17.2 Å². The fraction of sp³-hybridized carbons (Fsp3) is 0.528. The zero-order valence-corrected chi connectivity index (χ0v) is 40.6. The number of aliphatic hydroxyl groups excluding tert-OH is 5. The van der Waals surface area contributed by atoms with Gasteiger partial charge in [0.1, 0.15) is 47.3 Å². The molecule has 4 aliphatic heterocycles. The number of hydrogen-bond donors (Lipinski definition) is 8. The summed E-state index contributed by atoms with van der Waals surface area (Å²) in [5, 5.41) is 73.4. The first-order valence-corrected chi connectivity index (χ1v) is 24.2. The van der Waals surface area contributed by atoms with Gasteiger partial charge in [-0.2, -0.15) is 0 Å². The van der Waals surface area contributed by atoms with Crippen LogP contribution in [0.15, 0.2) is 70.9 Å². The number of imidazole rings is 1. The third kappa shape index (κ3) is 7.74. The largest absolute Gasteiger partial charge is 0.482 e. The minimum absolute atomic E-state index is 0.0247. The molecule has 1 saturated heterocycles. The summed E-state index contributed by atoms with van der Waals surface area (Å²) >= 11 is 0. The van der Waals surface area contributed by atoms with Crippen LogP contribution in [0.2, 0.25) is 0 Å². The summed E-state index contributed by atoms with van der Waals surface area (Å²) in [6, 6.07) is 6.91. The fourth-order valence-corrected chi connectivity index (χ4v) is 11.5. The molecule has 69 heavy (non-hydrogen) atoms. The van der Waals surface area contributed by atoms with Gasteiger partial charge in [0.05, 0.1) is 47.1 Å². The Morgan fingerprint density at radius 1 is 1.01 bits per heavy atom. The summed E-state index contributed by atoms with van der Waals surface area (Å²) in [4.78, 5) is 34.0. The Bertz CT molecular complexity index is 2730. The fourth-order valence-electron chi connectivity index (χ4n) is 11.5. The van der Waals surface area contributed by atoms with Gasteiger partial charge < -0.3 is 64.8 Å². The molecule has 3 aliphatic carbocycles. The van der Waals surface area contributed by atoms with Gasteiger partial charge in [-0.1, -0.05) is 55.4 Å². The quantitative estimate of drug-likeness (QED) is 0.0768. The normalized spacial score (nSPS) is 31.8. The van der Waals surface area contributed by atoms with E-state index in [9.17, 15) is 35.4 Å². The number of Topliss-reactive ketones (excluding diaryl/α,β-unsaturated/α-hetero) is 1. The Labute approximate surface area is 402 Å². The molecule has 8 N–H and O–H groups in total. The molecular formula is C53H66N4O12. The van der Waals surface area contributed by atoms with Crippen LogP contribution in [-0.4, -0.2) is 119 Å². The first-order valence-electron chi connectivity index (χ1n) is 24.2. The van der Waals surface area contributed by atoms with E-state index in [0.29, 0.717) is 64.4 Å². The molecule has 1 aromatic heterocycles. The van der Waals surface area contributed by atoms with Crippen molar-refractivity contribution >= 4 is 40.4 Å². The molecule has 0 radical (unpaired) electrons. The maximum Gasteiger partial charge on any atom is 0.246 e. The van der Waals surface area contributed by atoms with Gasteiger partial charge in [-0.15, -0.1) is 0 Å². The first-order chi connectivity index (χ1) is 32.8. The van der Waals surface area contributed by atoms with Gasteiger partial charge in [0.25, 0.3) is 0 Å². The third-order valence-corrected chi connectivity index (χ3v) is 15.0. The Balaban J connectivity index is 1.37. The van der Waals surface area contributed by atoms with E-state index in [2.05, 4.69) is 16.7 Å². The van der Waals surface area contributed by atoms with Gasteiger partial charge >= 0.3 is 0 Å². The van der Waals surface area contributed by atoms with Gasteiger partial charge in [-0.25, -0.2) is 4.98 Å². The third-order valence-electron chi connectivity index (χ3n) is 15.0. The summed E-state index contributed by atoms with van der Waals surface area (Å²) in [5.74, 6) is -1.14. The number of amides is 1. The average Bonchev–Trinajstić information content (AvgIpc) is 3.69. The predicted octanol–water partition coefficient (Wildman–Crippen LogP) is 5.19. The highest BCUT2D eigenvalue weighted by atomic mass is 16.7. The molecule has 6 unspecified atom stereocenters. The Hall–Kier alpha value is -5.33. The summed E-state index contributed by atoms with van der Waals surface area (Å²) in [7, 11) is 0. The van der Waals surface area contributed by atoms with Crippen LogP contribution in [0.1, 0.15) is 104 Å². The lowest BCUT2D eigenvalue weighted by molar-refractivity contribution is -0.277. The Kier molecular flexibility index (Phi) is 12.8. The van der Waals surface area contributed by atoms with Crippen LogP contribution >= 0.6 is 0 Å². The minimum Gasteiger partial charge on any atom is -0.482 e. The van der Waals surface area contributed by atoms with E-state index in [0.717, 1.165) is 16.7 Å². The van der Waals surface area contributed by atoms with Crippen molar-refractivity contribution in [3.8, 4) is 17.2 Å². The van der Waals surface area contributed by atoms with Crippen LogP contribution in [0.25, 0.3) is 22.8 Å². The SMILES string of the molecule is CC(C)=CCCC1(C)C=Cc2c(c(CC=C(C)C)c3c(c2O[C@H]2O[C@@H](CO)[C@H](O)[C@@H](O)[C@@H]2O)C2=C4C(C5CC(C(C)C)C4(O3)C(O)(C/C=C(/C)C(=O)NCCO)C5=O)n3c(nc4ccccc43)N2)O1. The standard InChI is InChI=1S/C53H66N4O12/c1-26(2)12-11-19-51(8)20-18-31-44(68-51)30(16-15-27(3)4)46-37(45(31)67-49-43(62)42(61)41(60)36(25-59)66-49)39-38-40(57-35-14-10-9-13-34(35)55-50(57)56-39)32-24-33(28(5)6)53(38,69-46)52(65,47(32)63)21-17-29(7)48(64)54-22-23-58/h9-10,12-15,17-18,20,28,32-33,36,40-43,49,58-62,65H,11,16,19,21-25H2,1-8H3,(H,54,64)(H,55,56)/b29-17-/t32?,33?,36-,40?,41-,42+,43-,49+,51?,52?,53?/m0/s1. The summed E-state index contributed by atoms with van der Waals surface area (Å²) < 4.78 is 29.9. The number of carbonyl (C=O) groups excluding carboxylic acids is 2. The molecular weight excluding hydrogens is 885 g/mol. The smallest absolute Gasteiger partial charge is 0.246 e. The number of ether oxygens (including phenoxy) is 4. The lowest BCUT2D eigenvalue weighted by Crippen LogP contribution is -2.78. The number of ketones is 1. The van der Waals surface area contributed by atoms with E-state index >= 15 is 4.79 Å². The van der Waals surface area contributed by atoms with E-state index in [-0.39, 0.29) is 49.0 Å². The highest BCUT2D eigenvalue weighted by Crippen LogP contribution is 2.70. The molecule has 11 atom stereocenters. The molecule has 4 fully saturated rings. The second-order valence-corrected chi connectivity index (χ2v) is 20.6. The number of fused-ring (bicyclic) bond motifs is 8. The molecule has 16 heteroatoms. The lowest BCUT2D eigenvalue weighted by atomic mass is 9.46. The van der Waals surface area contributed by atoms with Crippen molar-refractivity contribution in [3.63, 3.8) is 0 Å². The van der Waals surface area contributed by atoms with E-state index in [4.69, 9.17) is 23.9 Å². The average molecular weight is 951 g/mol. The van der Waals surface area contributed by atoms with E-state index in [1.165, 1.54) is 0 Å². The van der Waals surface area contributed by atoms with Crippen molar-refractivity contribution < 1.29 is 59.2 Å². The summed E-state index contributed by atoms with van der Waals surface area (Å²) in [6.07, 6.45) is 3.18. The molecule has 3 aromatic rings. The molecule has 1 spiro atoms. The molecule has 7 aliphatic rings. The number of allylic oxidation sites excluding steroid dienone is 4. The number of rotatable bonds is 14. The van der Waals surface area contributed by atoms with Crippen LogP contribution in [-0.2, 0) is 20.7 Å². The summed E-state index contributed by atoms with van der Waals surface area (Å²) in [6.45, 7) is 14.8. The van der Waals surface area contributed by atoms with Crippen molar-refractivity contribution in [2.24, 2.45) is 17.8 Å². The van der Waals surface area contributed by atoms with Crippen molar-refractivity contribution in [2.75, 3.05) is 25.1 Å². The number of aromatic nitrogens is 2. The topological polar surface area (TPSA) is 234 Å². The van der Waals surface area contributed by atoms with Gasteiger partial charge in [0.15, 0.2) is 17.0 Å². The van der Waals surface area contributed by atoms with Crippen LogP contribution in [0.4, 0.5) is 5.95 Å². The van der Waals surface area contributed by atoms with Gasteiger partial charge in [-0.3, -0.25) is 9.59 Å². The zero-order valence-electron chi connectivity index (χ0n) is 40.6. The molecule has 2 aromatic carbocycles. The predicted molar refractivity (Wildman–Crippen MR) is 258 cm³/mol. The van der Waals surface area contributed by atoms with Crippen molar-refractivity contribution in [1.29, 1.82) is 0 Å². The Morgan fingerprint density at radius 3 is 2.45 bits per heavy atom. The number of anilines is 1. The second kappa shape index (κ2) is 18.1. The number of benzene rings is 2. The molecule has 16 nitrogen and oxygen atoms in total. The molecule has 3 saturated carbocycles. The monoisotopic (exact) mass is 950 g/mol. The minimum atomic E-state index is -2.25. The van der Waals surface area contributed by atoms with Crippen molar-refractivity contribution in [1.82, 2.24) is 14.9 Å². The summed E-state index contributed by atoms with van der Waals surface area (Å²) in [5.41, 5.74) is 1.42. The van der Waals surface area contributed by atoms with E-state index in [1.807, 2.05) is 95.5 Å². The lowest BCUT2D eigenvalue weighted by Gasteiger charge is -2.66. The molecule has 2 bridgehead atoms. The van der Waals surface area contributed by atoms with Gasteiger partial charge in [-0.05, 0) is 97.4 Å². The zero-order chi connectivity index (χ0) is 49.5. The molecule has 5 heterocycles. The van der Waals surface area contributed by atoms with Crippen LogP contribution < -0.4 is 24.8 Å². The maximum atomic E-state index is 15.7. The number of aliphatic hydroxyl groups is 6. The Morgan fingerprint density at radius 2 is 1.75 bits per heavy atom. The van der Waals surface area contributed by atoms with Crippen molar-refractivity contribution in [2.45, 2.75) is 141 Å².